The van der Waals surface area contributed by atoms with Gasteiger partial charge in [-0.1, -0.05) is 59.2 Å². The van der Waals surface area contributed by atoms with E-state index in [4.69, 9.17) is 21.2 Å². The number of hydrogen-bond donors (Lipinski definition) is 1. The SMILES string of the molecule is CC(C)(C)OC[C@@H](O)CN(Cc1cccc(Cl)c1)C[C@H]1CC(c2ccccc2)=NO1. The van der Waals surface area contributed by atoms with Crippen LogP contribution in [0.5, 0.6) is 0 Å². The molecule has 3 rings (SSSR count). The molecular weight excluding hydrogens is 400 g/mol. The summed E-state index contributed by atoms with van der Waals surface area (Å²) in [5.74, 6) is 0. The zero-order chi connectivity index (χ0) is 21.6. The molecule has 1 aliphatic heterocycles. The summed E-state index contributed by atoms with van der Waals surface area (Å²) in [6.45, 7) is 8.03. The van der Waals surface area contributed by atoms with Crippen LogP contribution in [0, 0.1) is 0 Å². The van der Waals surface area contributed by atoms with Crippen molar-refractivity contribution in [2.75, 3.05) is 19.7 Å². The largest absolute Gasteiger partial charge is 0.390 e. The van der Waals surface area contributed by atoms with Gasteiger partial charge in [-0.3, -0.25) is 4.90 Å². The first-order chi connectivity index (χ1) is 14.3. The lowest BCUT2D eigenvalue weighted by Gasteiger charge is -2.28. The Morgan fingerprint density at radius 3 is 2.67 bits per heavy atom. The summed E-state index contributed by atoms with van der Waals surface area (Å²) in [5, 5.41) is 15.6. The summed E-state index contributed by atoms with van der Waals surface area (Å²) in [7, 11) is 0. The number of hydrogen-bond acceptors (Lipinski definition) is 5. The highest BCUT2D eigenvalue weighted by Gasteiger charge is 2.26. The molecule has 1 N–H and O–H groups in total. The quantitative estimate of drug-likeness (QED) is 0.635. The monoisotopic (exact) mass is 430 g/mol. The number of aliphatic hydroxyl groups excluding tert-OH is 1. The molecule has 5 nitrogen and oxygen atoms in total. The normalized spacial score (nSPS) is 17.7. The first-order valence-corrected chi connectivity index (χ1v) is 10.7. The summed E-state index contributed by atoms with van der Waals surface area (Å²) in [4.78, 5) is 7.89. The van der Waals surface area contributed by atoms with Crippen molar-refractivity contribution in [3.8, 4) is 0 Å². The van der Waals surface area contributed by atoms with E-state index < -0.39 is 6.10 Å². The van der Waals surface area contributed by atoms with Crippen molar-refractivity contribution in [3.63, 3.8) is 0 Å². The van der Waals surface area contributed by atoms with Gasteiger partial charge >= 0.3 is 0 Å². The lowest BCUT2D eigenvalue weighted by Crippen LogP contribution is -2.40. The first-order valence-electron chi connectivity index (χ1n) is 10.4. The maximum absolute atomic E-state index is 10.6. The van der Waals surface area contributed by atoms with Gasteiger partial charge < -0.3 is 14.7 Å². The molecule has 0 radical (unpaired) electrons. The zero-order valence-corrected chi connectivity index (χ0v) is 18.7. The molecule has 2 aromatic carbocycles. The molecule has 0 unspecified atom stereocenters. The number of oxime groups is 1. The summed E-state index contributed by atoms with van der Waals surface area (Å²) in [5.41, 5.74) is 2.85. The highest BCUT2D eigenvalue weighted by Crippen LogP contribution is 2.20. The van der Waals surface area contributed by atoms with Gasteiger partial charge in [0.25, 0.3) is 0 Å². The molecule has 162 valence electrons. The molecule has 2 aromatic rings. The topological polar surface area (TPSA) is 54.3 Å². The van der Waals surface area contributed by atoms with Crippen LogP contribution in [0.4, 0.5) is 0 Å². The Morgan fingerprint density at radius 2 is 1.97 bits per heavy atom. The second-order valence-electron chi connectivity index (χ2n) is 8.74. The Labute approximate surface area is 184 Å². The Bertz CT molecular complexity index is 836. The van der Waals surface area contributed by atoms with Crippen LogP contribution in [0.1, 0.15) is 38.3 Å². The fourth-order valence-corrected chi connectivity index (χ4v) is 3.62. The molecule has 0 aliphatic carbocycles. The Hall–Kier alpha value is -1.92. The van der Waals surface area contributed by atoms with Crippen molar-refractivity contribution in [1.29, 1.82) is 0 Å². The van der Waals surface area contributed by atoms with Crippen molar-refractivity contribution in [3.05, 3.63) is 70.7 Å². The predicted octanol–water partition coefficient (Wildman–Crippen LogP) is 4.51. The van der Waals surface area contributed by atoms with Crippen LogP contribution in [0.15, 0.2) is 59.8 Å². The fourth-order valence-electron chi connectivity index (χ4n) is 3.41. The van der Waals surface area contributed by atoms with Gasteiger partial charge in [-0.15, -0.1) is 0 Å². The Balaban J connectivity index is 1.62. The molecule has 2 atom stereocenters. The van der Waals surface area contributed by atoms with E-state index in [1.54, 1.807) is 0 Å². The van der Waals surface area contributed by atoms with Gasteiger partial charge in [-0.05, 0) is 44.0 Å². The summed E-state index contributed by atoms with van der Waals surface area (Å²) in [6.07, 6.45) is 0.0828. The molecule has 0 fully saturated rings. The number of rotatable bonds is 9. The number of ether oxygens (including phenoxy) is 1. The maximum Gasteiger partial charge on any atom is 0.145 e. The van der Waals surface area contributed by atoms with Gasteiger partial charge in [0.2, 0.25) is 0 Å². The fraction of sp³-hybridized carbons (Fsp3) is 0.458. The van der Waals surface area contributed by atoms with Crippen LogP contribution in [-0.2, 0) is 16.1 Å². The third-order valence-corrected chi connectivity index (χ3v) is 5.01. The van der Waals surface area contributed by atoms with Crippen LogP contribution in [0.3, 0.4) is 0 Å². The number of benzene rings is 2. The van der Waals surface area contributed by atoms with Crippen molar-refractivity contribution in [1.82, 2.24) is 4.90 Å². The van der Waals surface area contributed by atoms with E-state index in [0.29, 0.717) is 24.7 Å². The average molecular weight is 431 g/mol. The highest BCUT2D eigenvalue weighted by atomic mass is 35.5. The highest BCUT2D eigenvalue weighted by molar-refractivity contribution is 6.30. The molecule has 0 aromatic heterocycles. The molecule has 30 heavy (non-hydrogen) atoms. The van der Waals surface area contributed by atoms with Gasteiger partial charge in [-0.25, -0.2) is 0 Å². The molecule has 0 saturated heterocycles. The average Bonchev–Trinajstić information content (AvgIpc) is 3.15. The van der Waals surface area contributed by atoms with Gasteiger partial charge in [-0.2, -0.15) is 0 Å². The molecule has 1 aliphatic rings. The van der Waals surface area contributed by atoms with E-state index in [1.165, 1.54) is 0 Å². The summed E-state index contributed by atoms with van der Waals surface area (Å²) >= 11 is 6.16. The molecule has 1 heterocycles. The van der Waals surface area contributed by atoms with Crippen LogP contribution in [-0.4, -0.2) is 53.2 Å². The van der Waals surface area contributed by atoms with E-state index in [2.05, 4.69) is 10.1 Å². The zero-order valence-electron chi connectivity index (χ0n) is 17.9. The molecule has 0 spiro atoms. The van der Waals surface area contributed by atoms with E-state index >= 15 is 0 Å². The summed E-state index contributed by atoms with van der Waals surface area (Å²) < 4.78 is 5.75. The third-order valence-electron chi connectivity index (χ3n) is 4.77. The molecule has 0 amide bonds. The minimum Gasteiger partial charge on any atom is -0.390 e. The van der Waals surface area contributed by atoms with Gasteiger partial charge in [0.15, 0.2) is 0 Å². The van der Waals surface area contributed by atoms with E-state index in [0.717, 1.165) is 23.3 Å². The minimum absolute atomic E-state index is 0.0601. The molecule has 6 heteroatoms. The number of halogens is 1. The number of nitrogens with zero attached hydrogens (tertiary/aromatic N) is 2. The van der Waals surface area contributed by atoms with Crippen molar-refractivity contribution in [2.45, 2.75) is 51.5 Å². The smallest absolute Gasteiger partial charge is 0.145 e. The van der Waals surface area contributed by atoms with Crippen LogP contribution in [0.2, 0.25) is 5.02 Å². The van der Waals surface area contributed by atoms with E-state index in [-0.39, 0.29) is 18.3 Å². The van der Waals surface area contributed by atoms with Gasteiger partial charge in [0, 0.05) is 31.1 Å². The third kappa shape index (κ3) is 7.40. The lowest BCUT2D eigenvalue weighted by molar-refractivity contribution is -0.0600. The summed E-state index contributed by atoms with van der Waals surface area (Å²) in [6, 6.07) is 17.9. The van der Waals surface area contributed by atoms with Gasteiger partial charge in [0.1, 0.15) is 6.10 Å². The van der Waals surface area contributed by atoms with Crippen LogP contribution >= 0.6 is 11.6 Å². The van der Waals surface area contributed by atoms with Crippen molar-refractivity contribution in [2.24, 2.45) is 5.16 Å². The van der Waals surface area contributed by atoms with Crippen LogP contribution < -0.4 is 0 Å². The van der Waals surface area contributed by atoms with E-state index in [9.17, 15) is 5.11 Å². The van der Waals surface area contributed by atoms with Crippen LogP contribution in [0.25, 0.3) is 0 Å². The predicted molar refractivity (Wildman–Crippen MR) is 121 cm³/mol. The standard InChI is InChI=1S/C24H31ClN2O3/c1-24(2,3)29-17-21(28)15-27(14-18-8-7-11-20(25)12-18)16-22-13-23(26-30-22)19-9-5-4-6-10-19/h4-12,21-22,28H,13-17H2,1-3H3/t21-,22+/m0/s1. The Morgan fingerprint density at radius 1 is 1.20 bits per heavy atom. The van der Waals surface area contributed by atoms with E-state index in [1.807, 2.05) is 75.4 Å². The number of aliphatic hydroxyl groups is 1. The first kappa shape index (κ1) is 22.8. The van der Waals surface area contributed by atoms with Crippen molar-refractivity contribution >= 4 is 17.3 Å². The second kappa shape index (κ2) is 10.4. The Kier molecular flexibility index (Phi) is 7.89. The molecular formula is C24H31ClN2O3. The van der Waals surface area contributed by atoms with Crippen molar-refractivity contribution < 1.29 is 14.7 Å². The minimum atomic E-state index is -0.598. The molecule has 0 saturated carbocycles. The maximum atomic E-state index is 10.6. The van der Waals surface area contributed by atoms with Gasteiger partial charge in [0.05, 0.1) is 24.0 Å². The molecule has 0 bridgehead atoms. The lowest BCUT2D eigenvalue weighted by atomic mass is 10.0. The second-order valence-corrected chi connectivity index (χ2v) is 9.17.